The molecule has 0 atom stereocenters. The molecule has 0 aliphatic rings. The number of benzene rings is 1. The maximum atomic E-state index is 4.44. The van der Waals surface area contributed by atoms with Crippen LogP contribution >= 0.6 is 0 Å². The van der Waals surface area contributed by atoms with Crippen LogP contribution in [0.2, 0.25) is 0 Å². The largest absolute Gasteiger partial charge is 0.316 e. The average molecular weight is 271 g/mol. The van der Waals surface area contributed by atoms with Gasteiger partial charge in [-0.2, -0.15) is 5.10 Å². The van der Waals surface area contributed by atoms with E-state index in [1.165, 1.54) is 11.1 Å². The summed E-state index contributed by atoms with van der Waals surface area (Å²) in [6.07, 6.45) is 6.35. The summed E-state index contributed by atoms with van der Waals surface area (Å²) in [7, 11) is 0. The van der Waals surface area contributed by atoms with Crippen LogP contribution in [0.3, 0.4) is 0 Å². The van der Waals surface area contributed by atoms with Crippen molar-refractivity contribution in [3.63, 3.8) is 0 Å². The molecule has 2 aromatic rings. The summed E-state index contributed by atoms with van der Waals surface area (Å²) in [5.41, 5.74) is 3.70. The van der Waals surface area contributed by atoms with Gasteiger partial charge < -0.3 is 5.32 Å². The van der Waals surface area contributed by atoms with E-state index in [1.54, 1.807) is 0 Å². The number of aryl methyl sites for hydroxylation is 2. The zero-order valence-electron chi connectivity index (χ0n) is 12.8. The number of hydrogen-bond acceptors (Lipinski definition) is 2. The minimum atomic E-state index is 0.722. The summed E-state index contributed by atoms with van der Waals surface area (Å²) in [6.45, 7) is 8.75. The Morgan fingerprint density at radius 3 is 2.65 bits per heavy atom. The minimum Gasteiger partial charge on any atom is -0.316 e. The van der Waals surface area contributed by atoms with E-state index in [2.05, 4.69) is 61.6 Å². The van der Waals surface area contributed by atoms with Crippen molar-refractivity contribution in [3.05, 3.63) is 47.8 Å². The summed E-state index contributed by atoms with van der Waals surface area (Å²) in [4.78, 5) is 0. The Morgan fingerprint density at radius 2 is 1.95 bits per heavy atom. The van der Waals surface area contributed by atoms with Crippen molar-refractivity contribution in [2.75, 3.05) is 13.1 Å². The summed E-state index contributed by atoms with van der Waals surface area (Å²) in [5, 5.41) is 7.91. The van der Waals surface area contributed by atoms with Crippen LogP contribution in [-0.4, -0.2) is 22.9 Å². The third-order valence-electron chi connectivity index (χ3n) is 3.31. The van der Waals surface area contributed by atoms with Crippen LogP contribution in [0.4, 0.5) is 0 Å². The third-order valence-corrected chi connectivity index (χ3v) is 3.31. The van der Waals surface area contributed by atoms with Crippen molar-refractivity contribution in [1.82, 2.24) is 15.1 Å². The van der Waals surface area contributed by atoms with Gasteiger partial charge in [0.15, 0.2) is 0 Å². The number of hydrogen-bond donors (Lipinski definition) is 1. The van der Waals surface area contributed by atoms with E-state index in [0.29, 0.717) is 0 Å². The smallest absolute Gasteiger partial charge is 0.0645 e. The molecular formula is C17H25N3. The van der Waals surface area contributed by atoms with Crippen LogP contribution in [0.1, 0.15) is 31.4 Å². The number of rotatable bonds is 7. The maximum absolute atomic E-state index is 4.44. The van der Waals surface area contributed by atoms with Crippen LogP contribution in [0.25, 0.3) is 5.69 Å². The third kappa shape index (κ3) is 4.49. The lowest BCUT2D eigenvalue weighted by Crippen LogP contribution is -2.20. The van der Waals surface area contributed by atoms with Crippen molar-refractivity contribution < 1.29 is 0 Å². The van der Waals surface area contributed by atoms with E-state index in [9.17, 15) is 0 Å². The van der Waals surface area contributed by atoms with Crippen LogP contribution in [0.15, 0.2) is 36.7 Å². The first-order chi connectivity index (χ1) is 9.65. The fourth-order valence-corrected chi connectivity index (χ4v) is 2.14. The molecule has 0 bridgehead atoms. The molecule has 0 saturated carbocycles. The molecule has 0 aliphatic heterocycles. The molecule has 108 valence electrons. The fraction of sp³-hybridized carbons (Fsp3) is 0.471. The predicted octanol–water partition coefficient (Wildman–Crippen LogP) is 3.36. The molecule has 20 heavy (non-hydrogen) atoms. The number of nitrogens with one attached hydrogen (secondary N) is 1. The second kappa shape index (κ2) is 7.25. The summed E-state index contributed by atoms with van der Waals surface area (Å²) >= 11 is 0. The molecule has 2 rings (SSSR count). The fourth-order valence-electron chi connectivity index (χ4n) is 2.14. The first-order valence-electron chi connectivity index (χ1n) is 7.46. The van der Waals surface area contributed by atoms with E-state index >= 15 is 0 Å². The molecule has 0 spiro atoms. The minimum absolute atomic E-state index is 0.722. The zero-order chi connectivity index (χ0) is 14.4. The second-order valence-electron chi connectivity index (χ2n) is 5.83. The van der Waals surface area contributed by atoms with Crippen LogP contribution in [0.5, 0.6) is 0 Å². The first kappa shape index (κ1) is 14.8. The number of nitrogens with zero attached hydrogens (tertiary/aromatic N) is 2. The van der Waals surface area contributed by atoms with Crippen molar-refractivity contribution in [1.29, 1.82) is 0 Å². The molecule has 1 aromatic heterocycles. The lowest BCUT2D eigenvalue weighted by molar-refractivity contribution is 0.543. The van der Waals surface area contributed by atoms with Crippen molar-refractivity contribution in [2.24, 2.45) is 5.92 Å². The summed E-state index contributed by atoms with van der Waals surface area (Å²) in [5.74, 6) is 0.722. The van der Waals surface area contributed by atoms with Crippen LogP contribution in [-0.2, 0) is 6.42 Å². The van der Waals surface area contributed by atoms with E-state index < -0.39 is 0 Å². The van der Waals surface area contributed by atoms with Gasteiger partial charge in [0.1, 0.15) is 0 Å². The van der Waals surface area contributed by atoms with Crippen LogP contribution < -0.4 is 5.32 Å². The topological polar surface area (TPSA) is 29.9 Å². The van der Waals surface area contributed by atoms with Gasteiger partial charge in [0, 0.05) is 6.20 Å². The zero-order valence-corrected chi connectivity index (χ0v) is 12.8. The molecule has 0 radical (unpaired) electrons. The van der Waals surface area contributed by atoms with E-state index in [4.69, 9.17) is 0 Å². The SMILES string of the molecule is Cc1ccc(-n2cc(CCCNCC(C)C)cn2)cc1. The first-order valence-corrected chi connectivity index (χ1v) is 7.46. The van der Waals surface area contributed by atoms with E-state index in [1.807, 2.05) is 10.9 Å². The van der Waals surface area contributed by atoms with Gasteiger partial charge in [-0.3, -0.25) is 0 Å². The molecule has 0 fully saturated rings. The Balaban J connectivity index is 1.82. The average Bonchev–Trinajstić information content (AvgIpc) is 2.87. The van der Waals surface area contributed by atoms with E-state index in [-0.39, 0.29) is 0 Å². The lowest BCUT2D eigenvalue weighted by atomic mass is 10.2. The van der Waals surface area contributed by atoms with Gasteiger partial charge in [0.05, 0.1) is 11.9 Å². The highest BCUT2D eigenvalue weighted by Gasteiger charge is 2.01. The lowest BCUT2D eigenvalue weighted by Gasteiger charge is -2.06. The van der Waals surface area contributed by atoms with Gasteiger partial charge in [0.2, 0.25) is 0 Å². The second-order valence-corrected chi connectivity index (χ2v) is 5.83. The molecule has 0 saturated heterocycles. The summed E-state index contributed by atoms with van der Waals surface area (Å²) in [6, 6.07) is 8.45. The molecule has 0 unspecified atom stereocenters. The summed E-state index contributed by atoms with van der Waals surface area (Å²) < 4.78 is 1.95. The Hall–Kier alpha value is -1.61. The maximum Gasteiger partial charge on any atom is 0.0645 e. The highest BCUT2D eigenvalue weighted by molar-refractivity contribution is 5.33. The van der Waals surface area contributed by atoms with E-state index in [0.717, 1.165) is 37.5 Å². The van der Waals surface area contributed by atoms with Crippen molar-refractivity contribution >= 4 is 0 Å². The highest BCUT2D eigenvalue weighted by atomic mass is 15.3. The van der Waals surface area contributed by atoms with Gasteiger partial charge >= 0.3 is 0 Å². The van der Waals surface area contributed by atoms with Gasteiger partial charge in [-0.05, 0) is 56.5 Å². The number of aromatic nitrogens is 2. The monoisotopic (exact) mass is 271 g/mol. The van der Waals surface area contributed by atoms with Gasteiger partial charge in [-0.25, -0.2) is 4.68 Å². The molecular weight excluding hydrogens is 246 g/mol. The molecule has 1 N–H and O–H groups in total. The van der Waals surface area contributed by atoms with Gasteiger partial charge in [0.25, 0.3) is 0 Å². The van der Waals surface area contributed by atoms with Gasteiger partial charge in [-0.1, -0.05) is 31.5 Å². The Bertz CT molecular complexity index is 511. The Labute approximate surface area is 122 Å². The highest BCUT2D eigenvalue weighted by Crippen LogP contribution is 2.10. The molecule has 0 amide bonds. The normalized spacial score (nSPS) is 11.2. The molecule has 1 aromatic carbocycles. The van der Waals surface area contributed by atoms with Crippen molar-refractivity contribution in [2.45, 2.75) is 33.6 Å². The molecule has 1 heterocycles. The predicted molar refractivity (Wildman–Crippen MR) is 84.3 cm³/mol. The molecule has 0 aliphatic carbocycles. The van der Waals surface area contributed by atoms with Crippen LogP contribution in [0, 0.1) is 12.8 Å². The van der Waals surface area contributed by atoms with Gasteiger partial charge in [-0.15, -0.1) is 0 Å². The molecule has 3 nitrogen and oxygen atoms in total. The Morgan fingerprint density at radius 1 is 1.20 bits per heavy atom. The molecule has 3 heteroatoms. The standard InChI is InChI=1S/C17H25N3/c1-14(2)11-18-10-4-5-16-12-19-20(13-16)17-8-6-15(3)7-9-17/h6-9,12-14,18H,4-5,10-11H2,1-3H3. The quantitative estimate of drug-likeness (QED) is 0.783. The Kier molecular flexibility index (Phi) is 5.36. The van der Waals surface area contributed by atoms with Crippen molar-refractivity contribution in [3.8, 4) is 5.69 Å².